The monoisotopic (exact) mass is 301 g/mol. The maximum Gasteiger partial charge on any atom is 0.272 e. The Morgan fingerprint density at radius 1 is 1.40 bits per heavy atom. The van der Waals surface area contributed by atoms with E-state index in [0.717, 1.165) is 11.9 Å². The Labute approximate surface area is 118 Å². The average Bonchev–Trinajstić information content (AvgIpc) is 2.32. The van der Waals surface area contributed by atoms with Crippen molar-refractivity contribution >= 4 is 21.4 Å². The van der Waals surface area contributed by atoms with Crippen LogP contribution in [0.25, 0.3) is 0 Å². The zero-order valence-corrected chi connectivity index (χ0v) is 12.6. The summed E-state index contributed by atoms with van der Waals surface area (Å²) in [5.41, 5.74) is 1.51. The van der Waals surface area contributed by atoms with Crippen molar-refractivity contribution in [1.29, 1.82) is 0 Å². The normalized spacial score (nSPS) is 11.3. The summed E-state index contributed by atoms with van der Waals surface area (Å²) >= 11 is 0. The first kappa shape index (κ1) is 16.4. The fourth-order valence-corrected chi connectivity index (χ4v) is 2.34. The van der Waals surface area contributed by atoms with Gasteiger partial charge in [-0.1, -0.05) is 0 Å². The van der Waals surface area contributed by atoms with Gasteiger partial charge < -0.3 is 4.90 Å². The van der Waals surface area contributed by atoms with Crippen LogP contribution in [0.4, 0.5) is 11.4 Å². The van der Waals surface area contributed by atoms with Crippen LogP contribution in [0, 0.1) is 17.0 Å². The molecule has 0 unspecified atom stereocenters. The molecule has 112 valence electrons. The van der Waals surface area contributed by atoms with Crippen molar-refractivity contribution in [2.45, 2.75) is 13.8 Å². The summed E-state index contributed by atoms with van der Waals surface area (Å²) in [7, 11) is -3.20. The van der Waals surface area contributed by atoms with Crippen LogP contribution in [0.5, 0.6) is 0 Å². The molecule has 0 bridgehead atoms. The Hall–Kier alpha value is -1.67. The van der Waals surface area contributed by atoms with Gasteiger partial charge in [0.05, 0.1) is 11.2 Å². The maximum absolute atomic E-state index is 11.0. The van der Waals surface area contributed by atoms with Gasteiger partial charge in [0.2, 0.25) is 10.0 Å². The van der Waals surface area contributed by atoms with Crippen molar-refractivity contribution in [3.05, 3.63) is 33.9 Å². The number of nitrogens with one attached hydrogen (secondary N) is 1. The van der Waals surface area contributed by atoms with Crippen LogP contribution < -0.4 is 9.62 Å². The second kappa shape index (κ2) is 6.67. The third kappa shape index (κ3) is 4.78. The first-order valence-corrected chi connectivity index (χ1v) is 8.08. The topological polar surface area (TPSA) is 92.6 Å². The van der Waals surface area contributed by atoms with Crippen LogP contribution in [0.2, 0.25) is 0 Å². The molecule has 20 heavy (non-hydrogen) atoms. The molecule has 1 rings (SSSR count). The van der Waals surface area contributed by atoms with Crippen LogP contribution in [0.3, 0.4) is 0 Å². The van der Waals surface area contributed by atoms with Crippen LogP contribution in [0.1, 0.15) is 12.5 Å². The predicted molar refractivity (Wildman–Crippen MR) is 78.6 cm³/mol. The fourth-order valence-electron chi connectivity index (χ4n) is 1.88. The molecule has 0 spiro atoms. The minimum atomic E-state index is -3.20. The molecule has 1 N–H and O–H groups in total. The summed E-state index contributed by atoms with van der Waals surface area (Å²) in [6.07, 6.45) is 1.11. The highest BCUT2D eigenvalue weighted by Gasteiger charge is 2.13. The van der Waals surface area contributed by atoms with Gasteiger partial charge in [0.15, 0.2) is 0 Å². The van der Waals surface area contributed by atoms with Crippen LogP contribution in [0.15, 0.2) is 18.2 Å². The van der Waals surface area contributed by atoms with Crippen LogP contribution >= 0.6 is 0 Å². The van der Waals surface area contributed by atoms with Gasteiger partial charge in [-0.05, 0) is 26.0 Å². The smallest absolute Gasteiger partial charge is 0.272 e. The Balaban J connectivity index is 2.80. The second-order valence-electron chi connectivity index (χ2n) is 4.47. The fraction of sp³-hybridized carbons (Fsp3) is 0.500. The largest absolute Gasteiger partial charge is 0.370 e. The number of rotatable bonds is 7. The van der Waals surface area contributed by atoms with Gasteiger partial charge in [-0.2, -0.15) is 0 Å². The van der Waals surface area contributed by atoms with Gasteiger partial charge in [-0.25, -0.2) is 13.1 Å². The molecule has 0 aliphatic rings. The zero-order chi connectivity index (χ0) is 15.3. The number of nitrogens with zero attached hydrogens (tertiary/aromatic N) is 2. The summed E-state index contributed by atoms with van der Waals surface area (Å²) in [5.74, 6) is 0. The Bertz CT molecular complexity index is 586. The zero-order valence-electron chi connectivity index (χ0n) is 11.8. The van der Waals surface area contributed by atoms with E-state index in [0.29, 0.717) is 25.2 Å². The van der Waals surface area contributed by atoms with Crippen LogP contribution in [-0.2, 0) is 10.0 Å². The molecule has 0 amide bonds. The second-order valence-corrected chi connectivity index (χ2v) is 6.31. The molecule has 0 fully saturated rings. The molecule has 0 aromatic heterocycles. The summed E-state index contributed by atoms with van der Waals surface area (Å²) in [4.78, 5) is 12.3. The molecule has 0 atom stereocenters. The molecule has 0 saturated carbocycles. The lowest BCUT2D eigenvalue weighted by Crippen LogP contribution is -2.34. The number of sulfonamides is 1. The first-order valence-electron chi connectivity index (χ1n) is 6.19. The highest BCUT2D eigenvalue weighted by Crippen LogP contribution is 2.23. The average molecular weight is 301 g/mol. The molecular weight excluding hydrogens is 282 g/mol. The first-order chi connectivity index (χ1) is 9.24. The van der Waals surface area contributed by atoms with E-state index < -0.39 is 14.9 Å². The number of anilines is 1. The lowest BCUT2D eigenvalue weighted by Gasteiger charge is -2.23. The molecule has 0 heterocycles. The molecule has 0 aliphatic carbocycles. The summed E-state index contributed by atoms with van der Waals surface area (Å²) in [6.45, 7) is 5.10. The van der Waals surface area contributed by atoms with Gasteiger partial charge in [-0.3, -0.25) is 10.1 Å². The van der Waals surface area contributed by atoms with Crippen molar-refractivity contribution in [3.8, 4) is 0 Å². The number of hydrogen-bond donors (Lipinski definition) is 1. The lowest BCUT2D eigenvalue weighted by molar-refractivity contribution is -0.385. The van der Waals surface area contributed by atoms with Crippen molar-refractivity contribution in [3.63, 3.8) is 0 Å². The van der Waals surface area contributed by atoms with E-state index in [-0.39, 0.29) is 5.69 Å². The molecule has 0 radical (unpaired) electrons. The molecule has 0 saturated heterocycles. The van der Waals surface area contributed by atoms with Crippen molar-refractivity contribution in [1.82, 2.24) is 4.72 Å². The van der Waals surface area contributed by atoms with Gasteiger partial charge in [0, 0.05) is 37.0 Å². The number of aryl methyl sites for hydroxylation is 1. The SMILES string of the molecule is CCN(CCNS(C)(=O)=O)c1ccc([N+](=O)[O-])c(C)c1. The van der Waals surface area contributed by atoms with Gasteiger partial charge >= 0.3 is 0 Å². The standard InChI is InChI=1S/C12H19N3O4S/c1-4-14(8-7-13-20(3,18)19)11-5-6-12(15(16)17)10(2)9-11/h5-6,9,13H,4,7-8H2,1-3H3. The third-order valence-electron chi connectivity index (χ3n) is 2.87. The van der Waals surface area contributed by atoms with Crippen LogP contribution in [-0.4, -0.2) is 39.2 Å². The maximum atomic E-state index is 11.0. The van der Waals surface area contributed by atoms with Gasteiger partial charge in [0.25, 0.3) is 5.69 Å². The quantitative estimate of drug-likeness (QED) is 0.605. The lowest BCUT2D eigenvalue weighted by atomic mass is 10.1. The highest BCUT2D eigenvalue weighted by atomic mass is 32.2. The molecule has 8 heteroatoms. The van der Waals surface area contributed by atoms with E-state index in [4.69, 9.17) is 0 Å². The van der Waals surface area contributed by atoms with Crippen molar-refractivity contribution < 1.29 is 13.3 Å². The minimum absolute atomic E-state index is 0.0825. The highest BCUT2D eigenvalue weighted by molar-refractivity contribution is 7.88. The van der Waals surface area contributed by atoms with E-state index in [1.807, 2.05) is 11.8 Å². The number of hydrogen-bond acceptors (Lipinski definition) is 5. The Morgan fingerprint density at radius 3 is 2.50 bits per heavy atom. The Kier molecular flexibility index (Phi) is 5.46. The molecule has 7 nitrogen and oxygen atoms in total. The molecular formula is C12H19N3O4S. The van der Waals surface area contributed by atoms with E-state index in [2.05, 4.69) is 4.72 Å². The predicted octanol–water partition coefficient (Wildman–Crippen LogP) is 1.28. The number of likely N-dealkylation sites (N-methyl/N-ethyl adjacent to an activating group) is 1. The van der Waals surface area contributed by atoms with Gasteiger partial charge in [-0.15, -0.1) is 0 Å². The van der Waals surface area contributed by atoms with Gasteiger partial charge in [0.1, 0.15) is 0 Å². The van der Waals surface area contributed by atoms with Crippen molar-refractivity contribution in [2.24, 2.45) is 0 Å². The molecule has 1 aromatic carbocycles. The number of nitro groups is 1. The van der Waals surface area contributed by atoms with E-state index in [1.165, 1.54) is 6.07 Å². The summed E-state index contributed by atoms with van der Waals surface area (Å²) < 4.78 is 24.4. The number of benzene rings is 1. The van der Waals surface area contributed by atoms with E-state index in [9.17, 15) is 18.5 Å². The van der Waals surface area contributed by atoms with Crippen molar-refractivity contribution in [2.75, 3.05) is 30.8 Å². The summed E-state index contributed by atoms with van der Waals surface area (Å²) in [6, 6.07) is 4.88. The Morgan fingerprint density at radius 2 is 2.05 bits per heavy atom. The third-order valence-corrected chi connectivity index (χ3v) is 3.60. The van der Waals surface area contributed by atoms with E-state index in [1.54, 1.807) is 19.1 Å². The minimum Gasteiger partial charge on any atom is -0.370 e. The summed E-state index contributed by atoms with van der Waals surface area (Å²) in [5, 5.41) is 10.8. The molecule has 0 aliphatic heterocycles. The van der Waals surface area contributed by atoms with E-state index >= 15 is 0 Å². The molecule has 1 aromatic rings. The number of nitro benzene ring substituents is 1.